The number of carbonyl (C=O) groups is 2. The molecule has 1 aliphatic rings. The molecular formula is C20H23F3N6O4. The highest BCUT2D eigenvalue weighted by atomic mass is 19.4. The van der Waals surface area contributed by atoms with Gasteiger partial charge in [0.1, 0.15) is 0 Å². The average molecular weight is 468 g/mol. The Hall–Kier alpha value is -3.32. The maximum atomic E-state index is 12.9. The Morgan fingerprint density at radius 2 is 1.82 bits per heavy atom. The number of carbonyl (C=O) groups excluding carboxylic acids is 1. The lowest BCUT2D eigenvalue weighted by Gasteiger charge is -2.32. The van der Waals surface area contributed by atoms with E-state index in [1.165, 1.54) is 0 Å². The minimum absolute atomic E-state index is 0.0629. The predicted octanol–water partition coefficient (Wildman–Crippen LogP) is 1.65. The highest BCUT2D eigenvalue weighted by Crippen LogP contribution is 2.23. The fraction of sp³-hybridized carbons (Fsp3) is 0.450. The number of likely N-dealkylation sites (N-methyl/N-ethyl adjacent to an activating group) is 1. The zero-order valence-electron chi connectivity index (χ0n) is 18.0. The van der Waals surface area contributed by atoms with Crippen LogP contribution in [0.2, 0.25) is 0 Å². The van der Waals surface area contributed by atoms with Crippen LogP contribution in [-0.4, -0.2) is 99.7 Å². The number of carboxylic acids is 1. The van der Waals surface area contributed by atoms with E-state index in [2.05, 4.69) is 27.1 Å². The molecule has 0 saturated carbocycles. The molecule has 1 amide bonds. The summed E-state index contributed by atoms with van der Waals surface area (Å²) in [6.45, 7) is 4.56. The van der Waals surface area contributed by atoms with Crippen LogP contribution in [-0.2, 0) is 16.1 Å². The molecule has 3 aromatic rings. The summed E-state index contributed by atoms with van der Waals surface area (Å²) in [4.78, 5) is 30.3. The van der Waals surface area contributed by atoms with Gasteiger partial charge in [0.25, 0.3) is 5.91 Å². The van der Waals surface area contributed by atoms with Gasteiger partial charge in [-0.15, -0.1) is 10.2 Å². The van der Waals surface area contributed by atoms with Gasteiger partial charge in [-0.2, -0.15) is 13.2 Å². The highest BCUT2D eigenvalue weighted by molar-refractivity contribution is 6.05. The topological polar surface area (TPSA) is 114 Å². The molecule has 4 rings (SSSR count). The van der Waals surface area contributed by atoms with Crippen LogP contribution >= 0.6 is 0 Å². The van der Waals surface area contributed by atoms with Gasteiger partial charge < -0.3 is 24.2 Å². The third-order valence-electron chi connectivity index (χ3n) is 5.14. The molecule has 13 heteroatoms. The first-order chi connectivity index (χ1) is 15.6. The number of nitrogens with zero attached hydrogens (tertiary/aromatic N) is 6. The summed E-state index contributed by atoms with van der Waals surface area (Å²) in [6.07, 6.45) is -3.34. The van der Waals surface area contributed by atoms with Crippen LogP contribution < -0.4 is 0 Å². The molecular weight excluding hydrogens is 445 g/mol. The fourth-order valence-electron chi connectivity index (χ4n) is 3.32. The smallest absolute Gasteiger partial charge is 0.475 e. The molecule has 0 atom stereocenters. The quantitative estimate of drug-likeness (QED) is 0.615. The van der Waals surface area contributed by atoms with Crippen molar-refractivity contribution in [2.45, 2.75) is 12.7 Å². The number of hydrogen-bond donors (Lipinski definition) is 1. The Kier molecular flexibility index (Phi) is 7.43. The maximum absolute atomic E-state index is 12.9. The van der Waals surface area contributed by atoms with Crippen molar-refractivity contribution >= 4 is 33.9 Å². The lowest BCUT2D eigenvalue weighted by Crippen LogP contribution is -2.47. The van der Waals surface area contributed by atoms with Crippen molar-refractivity contribution in [3.63, 3.8) is 0 Å². The normalized spacial score (nSPS) is 14.9. The minimum Gasteiger partial charge on any atom is -0.475 e. The number of piperazine rings is 1. The van der Waals surface area contributed by atoms with Crippen molar-refractivity contribution in [1.29, 1.82) is 0 Å². The lowest BCUT2D eigenvalue weighted by molar-refractivity contribution is -0.192. The number of benzene rings is 1. The number of rotatable bonds is 4. The Morgan fingerprint density at radius 3 is 2.42 bits per heavy atom. The summed E-state index contributed by atoms with van der Waals surface area (Å²) in [5.74, 6) is -2.69. The van der Waals surface area contributed by atoms with E-state index in [1.807, 2.05) is 27.7 Å². The Balaban J connectivity index is 0.000000383. The Morgan fingerprint density at radius 1 is 1.15 bits per heavy atom. The number of alkyl halides is 3. The number of halogens is 3. The molecule has 10 nitrogen and oxygen atoms in total. The SMILES string of the molecule is COCCn1cnc2nnc3ccc(C(=O)N4CCN(C)CC4)cc3c21.O=C(O)C(F)(F)F. The fourth-order valence-corrected chi connectivity index (χ4v) is 3.32. The molecule has 178 valence electrons. The zero-order chi connectivity index (χ0) is 24.2. The molecule has 1 aliphatic heterocycles. The number of fused-ring (bicyclic) bond motifs is 3. The molecule has 0 unspecified atom stereocenters. The van der Waals surface area contributed by atoms with E-state index in [1.54, 1.807) is 13.4 Å². The summed E-state index contributed by atoms with van der Waals surface area (Å²) in [7, 11) is 3.75. The molecule has 0 spiro atoms. The van der Waals surface area contributed by atoms with Crippen LogP contribution in [0.5, 0.6) is 0 Å². The molecule has 2 aromatic heterocycles. The summed E-state index contributed by atoms with van der Waals surface area (Å²) in [6, 6.07) is 5.61. The number of methoxy groups -OCH3 is 1. The van der Waals surface area contributed by atoms with E-state index in [4.69, 9.17) is 14.6 Å². The van der Waals surface area contributed by atoms with Crippen molar-refractivity contribution < 1.29 is 32.6 Å². The van der Waals surface area contributed by atoms with Crippen molar-refractivity contribution in [2.75, 3.05) is 46.9 Å². The van der Waals surface area contributed by atoms with Crippen molar-refractivity contribution in [3.05, 3.63) is 30.1 Å². The monoisotopic (exact) mass is 468 g/mol. The van der Waals surface area contributed by atoms with E-state index in [0.29, 0.717) is 24.4 Å². The second kappa shape index (κ2) is 10.1. The van der Waals surface area contributed by atoms with Gasteiger partial charge in [0, 0.05) is 50.8 Å². The van der Waals surface area contributed by atoms with E-state index in [-0.39, 0.29) is 5.91 Å². The highest BCUT2D eigenvalue weighted by Gasteiger charge is 2.38. The number of imidazole rings is 1. The molecule has 1 N–H and O–H groups in total. The van der Waals surface area contributed by atoms with Gasteiger partial charge in [-0.1, -0.05) is 0 Å². The molecule has 1 aromatic carbocycles. The molecule has 33 heavy (non-hydrogen) atoms. The summed E-state index contributed by atoms with van der Waals surface area (Å²) >= 11 is 0. The largest absolute Gasteiger partial charge is 0.490 e. The van der Waals surface area contributed by atoms with Gasteiger partial charge in [-0.3, -0.25) is 4.79 Å². The standard InChI is InChI=1S/C18H22N6O2.C2HF3O2/c1-22-5-7-23(8-6-22)18(25)13-3-4-15-14(11-13)16-17(21-20-15)19-12-24(16)9-10-26-2;3-2(4,5)1(6)7/h3-4,11-12H,5-10H2,1-2H3;(H,6,7). The molecule has 0 aliphatic carbocycles. The Labute approximate surface area is 186 Å². The molecule has 0 radical (unpaired) electrons. The molecule has 3 heterocycles. The van der Waals surface area contributed by atoms with E-state index in [0.717, 1.165) is 42.6 Å². The van der Waals surface area contributed by atoms with Crippen LogP contribution in [0.25, 0.3) is 22.1 Å². The van der Waals surface area contributed by atoms with Gasteiger partial charge >= 0.3 is 12.1 Å². The first-order valence-electron chi connectivity index (χ1n) is 10.00. The molecule has 1 saturated heterocycles. The van der Waals surface area contributed by atoms with E-state index < -0.39 is 12.1 Å². The first kappa shape index (κ1) is 24.3. The number of hydrogen-bond acceptors (Lipinski definition) is 7. The third kappa shape index (κ3) is 5.73. The third-order valence-corrected chi connectivity index (χ3v) is 5.14. The zero-order valence-corrected chi connectivity index (χ0v) is 18.0. The second-order valence-corrected chi connectivity index (χ2v) is 7.43. The van der Waals surface area contributed by atoms with Crippen LogP contribution in [0.15, 0.2) is 24.5 Å². The van der Waals surface area contributed by atoms with E-state index in [9.17, 15) is 18.0 Å². The van der Waals surface area contributed by atoms with Crippen LogP contribution in [0, 0.1) is 0 Å². The first-order valence-corrected chi connectivity index (χ1v) is 10.00. The van der Waals surface area contributed by atoms with Gasteiger partial charge in [0.15, 0.2) is 0 Å². The van der Waals surface area contributed by atoms with Gasteiger partial charge in [0.05, 0.1) is 24.0 Å². The van der Waals surface area contributed by atoms with Crippen molar-refractivity contribution in [1.82, 2.24) is 29.5 Å². The lowest BCUT2D eigenvalue weighted by atomic mass is 10.1. The van der Waals surface area contributed by atoms with Crippen LogP contribution in [0.4, 0.5) is 13.2 Å². The summed E-state index contributed by atoms with van der Waals surface area (Å²) in [5, 5.41) is 16.4. The number of carboxylic acid groups (broad SMARTS) is 1. The average Bonchev–Trinajstić information content (AvgIpc) is 3.20. The minimum atomic E-state index is -5.08. The number of ether oxygens (including phenoxy) is 1. The van der Waals surface area contributed by atoms with Crippen LogP contribution in [0.1, 0.15) is 10.4 Å². The number of amides is 1. The van der Waals surface area contributed by atoms with Gasteiger partial charge in [0.2, 0.25) is 5.65 Å². The van der Waals surface area contributed by atoms with Crippen molar-refractivity contribution in [3.8, 4) is 0 Å². The molecule has 1 fully saturated rings. The second-order valence-electron chi connectivity index (χ2n) is 7.43. The number of aliphatic carboxylic acids is 1. The van der Waals surface area contributed by atoms with Gasteiger partial charge in [-0.25, -0.2) is 9.78 Å². The Bertz CT molecular complexity index is 1140. The summed E-state index contributed by atoms with van der Waals surface area (Å²) in [5.41, 5.74) is 2.90. The summed E-state index contributed by atoms with van der Waals surface area (Å²) < 4.78 is 38.9. The number of aromatic nitrogens is 4. The van der Waals surface area contributed by atoms with Crippen molar-refractivity contribution in [2.24, 2.45) is 0 Å². The van der Waals surface area contributed by atoms with Gasteiger partial charge in [-0.05, 0) is 25.2 Å². The predicted molar refractivity (Wildman–Crippen MR) is 112 cm³/mol. The molecule has 0 bridgehead atoms. The van der Waals surface area contributed by atoms with E-state index >= 15 is 0 Å². The maximum Gasteiger partial charge on any atom is 0.490 e. The van der Waals surface area contributed by atoms with Crippen LogP contribution in [0.3, 0.4) is 0 Å².